The van der Waals surface area contributed by atoms with Gasteiger partial charge in [-0.05, 0) is 6.07 Å². The fourth-order valence-corrected chi connectivity index (χ4v) is 3.38. The molecular formula is C23H19F5N4O5. The summed E-state index contributed by atoms with van der Waals surface area (Å²) >= 11 is 0. The highest BCUT2D eigenvalue weighted by atomic mass is 19.2. The minimum absolute atomic E-state index is 0.0286. The van der Waals surface area contributed by atoms with Crippen LogP contribution in [0.15, 0.2) is 30.5 Å². The van der Waals surface area contributed by atoms with Crippen molar-refractivity contribution in [3.63, 3.8) is 0 Å². The number of amides is 3. The molecule has 1 aromatic heterocycles. The molecule has 0 saturated carbocycles. The maximum atomic E-state index is 14.0. The van der Waals surface area contributed by atoms with E-state index in [4.69, 9.17) is 5.73 Å². The van der Waals surface area contributed by atoms with Crippen molar-refractivity contribution in [2.24, 2.45) is 5.73 Å². The van der Waals surface area contributed by atoms with Crippen LogP contribution in [0.25, 0.3) is 10.9 Å². The molecule has 0 spiro atoms. The Bertz CT molecular complexity index is 1360. The van der Waals surface area contributed by atoms with Crippen molar-refractivity contribution < 1.29 is 45.9 Å². The van der Waals surface area contributed by atoms with Crippen molar-refractivity contribution in [2.45, 2.75) is 31.8 Å². The molecule has 3 rings (SSSR count). The number of nitrogens with two attached hydrogens (primary N) is 1. The van der Waals surface area contributed by atoms with Crippen LogP contribution in [0.5, 0.6) is 5.75 Å². The number of primary amides is 1. The summed E-state index contributed by atoms with van der Waals surface area (Å²) in [4.78, 5) is 52.3. The van der Waals surface area contributed by atoms with Crippen LogP contribution in [0.2, 0.25) is 0 Å². The van der Waals surface area contributed by atoms with E-state index in [9.17, 15) is 41.1 Å². The van der Waals surface area contributed by atoms with Crippen molar-refractivity contribution >= 4 is 34.6 Å². The van der Waals surface area contributed by atoms with Crippen LogP contribution in [-0.2, 0) is 19.2 Å². The summed E-state index contributed by atoms with van der Waals surface area (Å²) in [7, 11) is 0. The second-order valence-electron chi connectivity index (χ2n) is 7.70. The van der Waals surface area contributed by atoms with Gasteiger partial charge in [0.1, 0.15) is 12.1 Å². The lowest BCUT2D eigenvalue weighted by atomic mass is 10.0. The second-order valence-corrected chi connectivity index (χ2v) is 7.70. The van der Waals surface area contributed by atoms with Crippen LogP contribution in [-0.4, -0.2) is 34.7 Å². The molecule has 3 amide bonds. The molecule has 0 saturated heterocycles. The molecule has 37 heavy (non-hydrogen) atoms. The van der Waals surface area contributed by atoms with Gasteiger partial charge in [-0.1, -0.05) is 25.1 Å². The van der Waals surface area contributed by atoms with Crippen LogP contribution in [0.3, 0.4) is 0 Å². The summed E-state index contributed by atoms with van der Waals surface area (Å²) in [6.07, 6.45) is 0.419. The molecule has 2 aromatic carbocycles. The van der Waals surface area contributed by atoms with Crippen LogP contribution < -0.4 is 21.1 Å². The molecule has 1 heterocycles. The third kappa shape index (κ3) is 5.68. The van der Waals surface area contributed by atoms with E-state index in [-0.39, 0.29) is 12.0 Å². The van der Waals surface area contributed by atoms with Gasteiger partial charge in [-0.3, -0.25) is 14.4 Å². The first kappa shape index (κ1) is 27.1. The minimum atomic E-state index is -2.48. The maximum absolute atomic E-state index is 14.0. The van der Waals surface area contributed by atoms with Gasteiger partial charge in [-0.25, -0.2) is 18.0 Å². The molecule has 5 N–H and O–H groups in total. The first-order chi connectivity index (χ1) is 17.5. The number of rotatable bonds is 9. The largest absolute Gasteiger partial charge is 0.418 e. The van der Waals surface area contributed by atoms with E-state index in [1.165, 1.54) is 13.1 Å². The van der Waals surface area contributed by atoms with Crippen molar-refractivity contribution in [3.8, 4) is 5.75 Å². The molecule has 0 aliphatic carbocycles. The number of hydrogen-bond donors (Lipinski definition) is 4. The van der Waals surface area contributed by atoms with Crippen molar-refractivity contribution in [1.29, 1.82) is 0 Å². The summed E-state index contributed by atoms with van der Waals surface area (Å²) in [6.45, 7) is 1.51. The normalized spacial score (nSPS) is 12.6. The van der Waals surface area contributed by atoms with Crippen molar-refractivity contribution in [3.05, 3.63) is 65.1 Å². The Hall–Kier alpha value is -4.49. The first-order valence-electron chi connectivity index (χ1n) is 10.6. The summed E-state index contributed by atoms with van der Waals surface area (Å²) in [5.41, 5.74) is 5.95. The first-order valence-corrected chi connectivity index (χ1v) is 10.6. The van der Waals surface area contributed by atoms with E-state index in [1.54, 1.807) is 24.3 Å². The maximum Gasteiger partial charge on any atom is 0.334 e. The number of carbonyl (C=O) groups excluding carboxylic acids is 4. The van der Waals surface area contributed by atoms with E-state index in [0.29, 0.717) is 10.9 Å². The topological polar surface area (TPSA) is 143 Å². The van der Waals surface area contributed by atoms with E-state index in [1.807, 2.05) is 0 Å². The van der Waals surface area contributed by atoms with E-state index >= 15 is 0 Å². The number of para-hydroxylation sites is 1. The van der Waals surface area contributed by atoms with Crippen LogP contribution in [0, 0.1) is 29.1 Å². The predicted octanol–water partition coefficient (Wildman–Crippen LogP) is 2.40. The van der Waals surface area contributed by atoms with Crippen molar-refractivity contribution in [1.82, 2.24) is 15.6 Å². The molecule has 0 aliphatic heterocycles. The van der Waals surface area contributed by atoms with Crippen LogP contribution in [0.4, 0.5) is 22.0 Å². The number of aromatic amines is 1. The Morgan fingerprint density at radius 2 is 1.54 bits per heavy atom. The van der Waals surface area contributed by atoms with E-state index in [2.05, 4.69) is 20.4 Å². The lowest BCUT2D eigenvalue weighted by Crippen LogP contribution is -2.49. The van der Waals surface area contributed by atoms with Gasteiger partial charge in [0.05, 0.1) is 6.42 Å². The van der Waals surface area contributed by atoms with Gasteiger partial charge in [0.15, 0.2) is 0 Å². The monoisotopic (exact) mass is 526 g/mol. The molecule has 3 aromatic rings. The molecule has 1 unspecified atom stereocenters. The Morgan fingerprint density at radius 1 is 0.946 bits per heavy atom. The number of fused-ring (bicyclic) bond motifs is 1. The summed E-state index contributed by atoms with van der Waals surface area (Å²) < 4.78 is 72.5. The highest BCUT2D eigenvalue weighted by Gasteiger charge is 2.34. The summed E-state index contributed by atoms with van der Waals surface area (Å²) in [6, 6.07) is 3.24. The number of hydrogen-bond acceptors (Lipinski definition) is 5. The zero-order valence-corrected chi connectivity index (χ0v) is 19.0. The fraction of sp³-hybridized carbons (Fsp3) is 0.217. The molecule has 0 fully saturated rings. The third-order valence-electron chi connectivity index (χ3n) is 5.20. The molecule has 0 radical (unpaired) electrons. The Labute approximate surface area is 205 Å². The number of benzene rings is 2. The van der Waals surface area contributed by atoms with Crippen LogP contribution in [0.1, 0.15) is 31.4 Å². The smallest absolute Gasteiger partial charge is 0.334 e. The number of aromatic nitrogens is 1. The van der Waals surface area contributed by atoms with Gasteiger partial charge >= 0.3 is 5.97 Å². The van der Waals surface area contributed by atoms with E-state index < -0.39 is 77.0 Å². The highest BCUT2D eigenvalue weighted by Crippen LogP contribution is 2.30. The number of halogens is 5. The number of carbonyl (C=O) groups is 4. The van der Waals surface area contributed by atoms with Gasteiger partial charge in [-0.2, -0.15) is 8.78 Å². The molecule has 9 nitrogen and oxygen atoms in total. The summed E-state index contributed by atoms with van der Waals surface area (Å²) in [5.74, 6) is -18.6. The standard InChI is InChI=1S/C23H19F5N4O5/c1-2-14(34)32-20(10-8-30-11-6-4-3-5-9(10)11)22(35)31-12(7-13(29)33)23(36)37-21-18(27)16(25)15(24)17(26)19(21)28/h3-6,8,12,20,30H,2,7H2,1H3,(H2,29,33)(H,31,35)(H,32,34)/t12-,20?/m1/s1. The predicted molar refractivity (Wildman–Crippen MR) is 117 cm³/mol. The Balaban J connectivity index is 1.94. The number of nitrogens with one attached hydrogen (secondary N) is 3. The van der Waals surface area contributed by atoms with E-state index in [0.717, 1.165) is 0 Å². The van der Waals surface area contributed by atoms with Gasteiger partial charge in [-0.15, -0.1) is 0 Å². The van der Waals surface area contributed by atoms with Crippen LogP contribution >= 0.6 is 0 Å². The number of ether oxygens (including phenoxy) is 1. The average molecular weight is 526 g/mol. The van der Waals surface area contributed by atoms with Gasteiger partial charge in [0.2, 0.25) is 52.6 Å². The number of H-pyrrole nitrogens is 1. The molecule has 2 atom stereocenters. The molecule has 0 aliphatic rings. The van der Waals surface area contributed by atoms with Crippen molar-refractivity contribution in [2.75, 3.05) is 0 Å². The molecule has 196 valence electrons. The molecule has 0 bridgehead atoms. The zero-order chi connectivity index (χ0) is 27.4. The quantitative estimate of drug-likeness (QED) is 0.111. The minimum Gasteiger partial charge on any atom is -0.418 e. The Morgan fingerprint density at radius 3 is 2.14 bits per heavy atom. The lowest BCUT2D eigenvalue weighted by molar-refractivity contribution is -0.142. The second kappa shape index (κ2) is 11.1. The highest BCUT2D eigenvalue weighted by molar-refractivity contribution is 5.97. The average Bonchev–Trinajstić information content (AvgIpc) is 3.30. The fourth-order valence-electron chi connectivity index (χ4n) is 3.38. The van der Waals surface area contributed by atoms with Gasteiger partial charge < -0.3 is 26.1 Å². The zero-order valence-electron chi connectivity index (χ0n) is 19.0. The SMILES string of the molecule is CCC(=O)NC(C(=O)N[C@H](CC(N)=O)C(=O)Oc1c(F)c(F)c(F)c(F)c1F)c1c[nH]c2ccccc12. The Kier molecular flexibility index (Phi) is 8.10. The third-order valence-corrected chi connectivity index (χ3v) is 5.20. The number of esters is 1. The summed E-state index contributed by atoms with van der Waals surface area (Å²) in [5, 5.41) is 5.05. The van der Waals surface area contributed by atoms with Gasteiger partial charge in [0, 0.05) is 29.1 Å². The lowest BCUT2D eigenvalue weighted by Gasteiger charge is -2.22. The van der Waals surface area contributed by atoms with Gasteiger partial charge in [0.25, 0.3) is 0 Å². The molecule has 14 heteroatoms. The molecular weight excluding hydrogens is 507 g/mol.